The Balaban J connectivity index is 0.00000243. The molecule has 6 nitrogen and oxygen atoms in total. The normalized spacial score (nSPS) is 22.5. The second-order valence-electron chi connectivity index (χ2n) is 6.89. The number of carbonyl (C=O) groups excluding carboxylic acids is 1. The zero-order valence-electron chi connectivity index (χ0n) is 15.6. The van der Waals surface area contributed by atoms with Crippen molar-refractivity contribution in [3.8, 4) is 5.75 Å². The first-order valence-corrected chi connectivity index (χ1v) is 9.16. The summed E-state index contributed by atoms with van der Waals surface area (Å²) in [5.41, 5.74) is 1.28. The lowest BCUT2D eigenvalue weighted by atomic mass is 10.2. The highest BCUT2D eigenvalue weighted by molar-refractivity contribution is 5.85. The van der Waals surface area contributed by atoms with E-state index < -0.39 is 6.10 Å². The lowest BCUT2D eigenvalue weighted by Gasteiger charge is -2.32. The van der Waals surface area contributed by atoms with Crippen LogP contribution < -0.4 is 10.1 Å². The Morgan fingerprint density at radius 2 is 1.92 bits per heavy atom. The van der Waals surface area contributed by atoms with E-state index in [0.29, 0.717) is 11.8 Å². The largest absolute Gasteiger partial charge is 0.479 e. The molecule has 2 aliphatic rings. The molecule has 2 heterocycles. The maximum Gasteiger partial charge on any atom is 0.346 e. The van der Waals surface area contributed by atoms with Crippen LogP contribution in [0, 0.1) is 0 Å². The molecule has 3 rings (SSSR count). The van der Waals surface area contributed by atoms with Gasteiger partial charge in [0.25, 0.3) is 0 Å². The van der Waals surface area contributed by atoms with Gasteiger partial charge in [-0.15, -0.1) is 12.4 Å². The molecule has 7 heteroatoms. The Hall–Kier alpha value is -1.34. The first kappa shape index (κ1) is 21.0. The second kappa shape index (κ2) is 10.1. The van der Waals surface area contributed by atoms with Crippen molar-refractivity contribution in [1.82, 2.24) is 15.1 Å². The summed E-state index contributed by atoms with van der Waals surface area (Å²) >= 11 is 0. The molecule has 2 fully saturated rings. The third kappa shape index (κ3) is 5.58. The van der Waals surface area contributed by atoms with Crippen LogP contribution in [-0.2, 0) is 16.1 Å². The number of methoxy groups -OCH3 is 1. The molecule has 1 aromatic rings. The highest BCUT2D eigenvalue weighted by Gasteiger charge is 2.28. The molecular formula is C19H30ClN3O3. The Bertz CT molecular complexity index is 564. The number of piperazine rings is 1. The maximum atomic E-state index is 11.4. The quantitative estimate of drug-likeness (QED) is 0.752. The number of likely N-dealkylation sites (tertiary alicyclic amines) is 1. The van der Waals surface area contributed by atoms with Crippen LogP contribution in [0.2, 0.25) is 0 Å². The Kier molecular flexibility index (Phi) is 8.15. The molecule has 0 bridgehead atoms. The van der Waals surface area contributed by atoms with Gasteiger partial charge in [0.1, 0.15) is 5.75 Å². The van der Waals surface area contributed by atoms with Crippen molar-refractivity contribution < 1.29 is 14.3 Å². The van der Waals surface area contributed by atoms with Crippen LogP contribution in [0.3, 0.4) is 0 Å². The average Bonchev–Trinajstić information content (AvgIpc) is 3.12. The first-order valence-electron chi connectivity index (χ1n) is 9.16. The molecule has 1 aromatic carbocycles. The molecule has 2 atom stereocenters. The molecular weight excluding hydrogens is 354 g/mol. The third-order valence-corrected chi connectivity index (χ3v) is 5.09. The third-order valence-electron chi connectivity index (χ3n) is 5.09. The number of hydrogen-bond donors (Lipinski definition) is 1. The maximum absolute atomic E-state index is 11.4. The molecule has 2 unspecified atom stereocenters. The van der Waals surface area contributed by atoms with Gasteiger partial charge in [0.2, 0.25) is 0 Å². The molecule has 0 radical (unpaired) electrons. The lowest BCUT2D eigenvalue weighted by Crippen LogP contribution is -2.49. The smallest absolute Gasteiger partial charge is 0.346 e. The monoisotopic (exact) mass is 383 g/mol. The molecule has 0 amide bonds. The SMILES string of the molecule is COC(=O)C(C)Oc1ccc(CN2CCC(N3CCNCC3)C2)cc1.Cl. The van der Waals surface area contributed by atoms with Crippen molar-refractivity contribution >= 4 is 18.4 Å². The van der Waals surface area contributed by atoms with E-state index in [9.17, 15) is 4.79 Å². The Morgan fingerprint density at radius 1 is 1.23 bits per heavy atom. The number of halogens is 1. The van der Waals surface area contributed by atoms with Gasteiger partial charge in [0.15, 0.2) is 6.10 Å². The first-order chi connectivity index (χ1) is 12.2. The van der Waals surface area contributed by atoms with E-state index in [4.69, 9.17) is 4.74 Å². The van der Waals surface area contributed by atoms with Crippen molar-refractivity contribution in [2.24, 2.45) is 0 Å². The van der Waals surface area contributed by atoms with Crippen molar-refractivity contribution in [2.75, 3.05) is 46.4 Å². The minimum absolute atomic E-state index is 0. The van der Waals surface area contributed by atoms with E-state index in [0.717, 1.165) is 32.7 Å². The van der Waals surface area contributed by atoms with Crippen LogP contribution in [0.25, 0.3) is 0 Å². The molecule has 0 aliphatic carbocycles. The van der Waals surface area contributed by atoms with Gasteiger partial charge in [-0.3, -0.25) is 9.80 Å². The van der Waals surface area contributed by atoms with E-state index in [-0.39, 0.29) is 18.4 Å². The van der Waals surface area contributed by atoms with Gasteiger partial charge in [-0.1, -0.05) is 12.1 Å². The van der Waals surface area contributed by atoms with Crippen LogP contribution >= 0.6 is 12.4 Å². The number of nitrogens with one attached hydrogen (secondary N) is 1. The van der Waals surface area contributed by atoms with Crippen LogP contribution in [0.4, 0.5) is 0 Å². The number of esters is 1. The topological polar surface area (TPSA) is 54.0 Å². The van der Waals surface area contributed by atoms with Crippen molar-refractivity contribution in [2.45, 2.75) is 32.0 Å². The average molecular weight is 384 g/mol. The van der Waals surface area contributed by atoms with Crippen molar-refractivity contribution in [3.05, 3.63) is 29.8 Å². The minimum Gasteiger partial charge on any atom is -0.479 e. The van der Waals surface area contributed by atoms with Crippen LogP contribution in [0.15, 0.2) is 24.3 Å². The predicted molar refractivity (Wildman–Crippen MR) is 104 cm³/mol. The van der Waals surface area contributed by atoms with E-state index in [1.807, 2.05) is 12.1 Å². The number of nitrogens with zero attached hydrogens (tertiary/aromatic N) is 2. The summed E-state index contributed by atoms with van der Waals surface area (Å²) in [7, 11) is 1.37. The number of rotatable bonds is 6. The Morgan fingerprint density at radius 3 is 2.58 bits per heavy atom. The summed E-state index contributed by atoms with van der Waals surface area (Å²) in [6.07, 6.45) is 0.673. The zero-order valence-corrected chi connectivity index (χ0v) is 16.5. The minimum atomic E-state index is -0.589. The fourth-order valence-electron chi connectivity index (χ4n) is 3.65. The van der Waals surface area contributed by atoms with E-state index in [1.54, 1.807) is 6.92 Å². The van der Waals surface area contributed by atoms with Gasteiger partial charge in [0.05, 0.1) is 7.11 Å². The number of carbonyl (C=O) groups is 1. The predicted octanol–water partition coefficient (Wildman–Crippen LogP) is 1.53. The van der Waals surface area contributed by atoms with E-state index >= 15 is 0 Å². The summed E-state index contributed by atoms with van der Waals surface area (Å²) in [6.45, 7) is 9.54. The van der Waals surface area contributed by atoms with Crippen LogP contribution in [0.1, 0.15) is 18.9 Å². The standard InChI is InChI=1S/C19H29N3O3.ClH/c1-15(19(23)24-2)25-18-5-3-16(4-6-18)13-21-10-7-17(14-21)22-11-8-20-9-12-22;/h3-6,15,17,20H,7-14H2,1-2H3;1H. The molecule has 146 valence electrons. The van der Waals surface area contributed by atoms with Gasteiger partial charge >= 0.3 is 5.97 Å². The fourth-order valence-corrected chi connectivity index (χ4v) is 3.65. The highest BCUT2D eigenvalue weighted by atomic mass is 35.5. The van der Waals surface area contributed by atoms with Gasteiger partial charge in [-0.05, 0) is 31.0 Å². The second-order valence-corrected chi connectivity index (χ2v) is 6.89. The fraction of sp³-hybridized carbons (Fsp3) is 0.632. The van der Waals surface area contributed by atoms with E-state index in [1.165, 1.54) is 32.2 Å². The molecule has 0 aromatic heterocycles. The van der Waals surface area contributed by atoms with Gasteiger partial charge in [-0.2, -0.15) is 0 Å². The molecule has 0 spiro atoms. The lowest BCUT2D eigenvalue weighted by molar-refractivity contribution is -0.147. The summed E-state index contributed by atoms with van der Waals surface area (Å²) in [6, 6.07) is 8.72. The number of hydrogen-bond acceptors (Lipinski definition) is 6. The summed E-state index contributed by atoms with van der Waals surface area (Å²) in [5, 5.41) is 3.42. The van der Waals surface area contributed by atoms with Crippen LogP contribution in [0.5, 0.6) is 5.75 Å². The highest BCUT2D eigenvalue weighted by Crippen LogP contribution is 2.20. The van der Waals surface area contributed by atoms with Crippen LogP contribution in [-0.4, -0.2) is 74.3 Å². The van der Waals surface area contributed by atoms with E-state index in [2.05, 4.69) is 32.0 Å². The zero-order chi connectivity index (χ0) is 17.6. The summed E-state index contributed by atoms with van der Waals surface area (Å²) in [5.74, 6) is 0.335. The van der Waals surface area contributed by atoms with Crippen molar-refractivity contribution in [3.63, 3.8) is 0 Å². The summed E-state index contributed by atoms with van der Waals surface area (Å²) in [4.78, 5) is 16.6. The Labute approximate surface area is 162 Å². The molecule has 0 saturated carbocycles. The molecule has 2 aliphatic heterocycles. The molecule has 1 N–H and O–H groups in total. The number of ether oxygens (including phenoxy) is 2. The number of benzene rings is 1. The van der Waals surface area contributed by atoms with Gasteiger partial charge < -0.3 is 14.8 Å². The van der Waals surface area contributed by atoms with Crippen molar-refractivity contribution in [1.29, 1.82) is 0 Å². The molecule has 26 heavy (non-hydrogen) atoms. The molecule has 2 saturated heterocycles. The summed E-state index contributed by atoms with van der Waals surface area (Å²) < 4.78 is 10.3. The van der Waals surface area contributed by atoms with Gasteiger partial charge in [-0.25, -0.2) is 4.79 Å². The van der Waals surface area contributed by atoms with Gasteiger partial charge in [0, 0.05) is 51.9 Å².